The first-order valence-corrected chi connectivity index (χ1v) is 11.5. The molecule has 4 aliphatic carbocycles. The Morgan fingerprint density at radius 2 is 1.81 bits per heavy atom. The lowest BCUT2D eigenvalue weighted by atomic mass is 9.48. The van der Waals surface area contributed by atoms with E-state index >= 15 is 0 Å². The number of carbonyl (C=O) groups is 1. The number of halogens is 3. The summed E-state index contributed by atoms with van der Waals surface area (Å²) in [6.45, 7) is 0. The van der Waals surface area contributed by atoms with E-state index in [1.54, 1.807) is 0 Å². The number of sulfone groups is 1. The second kappa shape index (κ2) is 6.51. The highest BCUT2D eigenvalue weighted by Crippen LogP contribution is 2.65. The Labute approximate surface area is 166 Å². The largest absolute Gasteiger partial charge is 0.341 e. The summed E-state index contributed by atoms with van der Waals surface area (Å²) in [5.74, 6) is -2.56. The molecule has 0 aromatic heterocycles. The number of amides is 1. The first-order chi connectivity index (χ1) is 12.6. The van der Waals surface area contributed by atoms with Gasteiger partial charge in [-0.1, -0.05) is 28.1 Å². The van der Waals surface area contributed by atoms with Crippen molar-refractivity contribution in [2.75, 3.05) is 5.32 Å². The van der Waals surface area contributed by atoms with E-state index < -0.39 is 20.5 Å². The van der Waals surface area contributed by atoms with Gasteiger partial charge in [-0.25, -0.2) is 8.42 Å². The van der Waals surface area contributed by atoms with Crippen molar-refractivity contribution in [3.63, 3.8) is 0 Å². The van der Waals surface area contributed by atoms with Gasteiger partial charge >= 0.3 is 5.76 Å². The van der Waals surface area contributed by atoms with Gasteiger partial charge < -0.3 is 5.32 Å². The summed E-state index contributed by atoms with van der Waals surface area (Å²) >= 11 is 3.91. The van der Waals surface area contributed by atoms with Crippen molar-refractivity contribution in [1.82, 2.24) is 0 Å². The highest BCUT2D eigenvalue weighted by Gasteiger charge is 2.57. The Balaban J connectivity index is 1.53. The second-order valence-electron chi connectivity index (χ2n) is 8.64. The van der Waals surface area contributed by atoms with E-state index in [9.17, 15) is 22.0 Å². The molecule has 4 fully saturated rings. The minimum atomic E-state index is -4.77. The van der Waals surface area contributed by atoms with Gasteiger partial charge in [0.1, 0.15) is 0 Å². The smallest absolute Gasteiger partial charge is 0.325 e. The number of hydrogen-bond acceptors (Lipinski definition) is 3. The standard InChI is InChI=1S/C19H22BrF2NO3S/c20-19-8-12-5-13(9-19)7-18(6-12,11-19)10-16(24)23-14-3-1-2-4-15(14)27(25,26)17(21)22/h1-4,12-13,17H,5-11H2,(H,23,24). The van der Waals surface area contributed by atoms with Gasteiger partial charge in [-0.2, -0.15) is 8.78 Å². The second-order valence-corrected chi connectivity index (χ2v) is 12.2. The third-order valence-electron chi connectivity index (χ3n) is 6.35. The van der Waals surface area contributed by atoms with Crippen LogP contribution in [-0.4, -0.2) is 24.4 Å². The highest BCUT2D eigenvalue weighted by molar-refractivity contribution is 9.10. The maximum atomic E-state index is 12.9. The molecule has 1 N–H and O–H groups in total. The zero-order valence-electron chi connectivity index (χ0n) is 14.8. The fraction of sp³-hybridized carbons (Fsp3) is 0.632. The first-order valence-electron chi connectivity index (χ1n) is 9.21. The Morgan fingerprint density at radius 1 is 1.19 bits per heavy atom. The number of nitrogens with one attached hydrogen (secondary N) is 1. The van der Waals surface area contributed by atoms with Crippen molar-refractivity contribution >= 4 is 37.4 Å². The van der Waals surface area contributed by atoms with Gasteiger partial charge in [-0.3, -0.25) is 4.79 Å². The zero-order valence-corrected chi connectivity index (χ0v) is 17.2. The highest BCUT2D eigenvalue weighted by atomic mass is 79.9. The molecule has 4 saturated carbocycles. The van der Waals surface area contributed by atoms with E-state index in [0.717, 1.165) is 38.2 Å². The number of alkyl halides is 3. The van der Waals surface area contributed by atoms with Crippen molar-refractivity contribution in [3.05, 3.63) is 24.3 Å². The van der Waals surface area contributed by atoms with Gasteiger partial charge in [0.25, 0.3) is 0 Å². The van der Waals surface area contributed by atoms with Crippen molar-refractivity contribution in [1.29, 1.82) is 0 Å². The molecule has 1 aromatic carbocycles. The molecule has 4 aliphatic rings. The summed E-state index contributed by atoms with van der Waals surface area (Å²) < 4.78 is 49.8. The molecule has 1 aromatic rings. The number of rotatable bonds is 5. The molecule has 0 aliphatic heterocycles. The summed E-state index contributed by atoms with van der Waals surface area (Å²) in [6, 6.07) is 5.37. The van der Waals surface area contributed by atoms with Crippen LogP contribution in [0.1, 0.15) is 44.9 Å². The van der Waals surface area contributed by atoms with Crippen LogP contribution in [0.4, 0.5) is 14.5 Å². The number of para-hydroxylation sites is 1. The Hall–Kier alpha value is -1.02. The monoisotopic (exact) mass is 461 g/mol. The molecular weight excluding hydrogens is 440 g/mol. The average Bonchev–Trinajstić information content (AvgIpc) is 2.51. The van der Waals surface area contributed by atoms with Gasteiger partial charge in [-0.05, 0) is 67.9 Å². The molecule has 2 atom stereocenters. The molecule has 0 saturated heterocycles. The zero-order chi connectivity index (χ0) is 19.4. The Bertz CT molecular complexity index is 859. The molecule has 0 radical (unpaired) electrons. The number of carbonyl (C=O) groups excluding carboxylic acids is 1. The van der Waals surface area contributed by atoms with E-state index in [0.29, 0.717) is 18.3 Å². The fourth-order valence-electron chi connectivity index (χ4n) is 5.99. The van der Waals surface area contributed by atoms with Crippen LogP contribution >= 0.6 is 15.9 Å². The fourth-order valence-corrected chi connectivity index (χ4v) is 8.39. The molecule has 4 bridgehead atoms. The molecule has 27 heavy (non-hydrogen) atoms. The van der Waals surface area contributed by atoms with Gasteiger partial charge in [0.15, 0.2) is 0 Å². The molecule has 148 valence electrons. The van der Waals surface area contributed by atoms with Crippen LogP contribution in [0.3, 0.4) is 0 Å². The van der Waals surface area contributed by atoms with E-state index in [2.05, 4.69) is 21.2 Å². The molecule has 0 spiro atoms. The lowest BCUT2D eigenvalue weighted by Gasteiger charge is -2.60. The van der Waals surface area contributed by atoms with Gasteiger partial charge in [-0.15, -0.1) is 0 Å². The predicted octanol–water partition coefficient (Wildman–Crippen LogP) is 4.75. The van der Waals surface area contributed by atoms with E-state index in [1.807, 2.05) is 0 Å². The topological polar surface area (TPSA) is 63.2 Å². The summed E-state index contributed by atoms with van der Waals surface area (Å²) in [7, 11) is -4.77. The van der Waals surface area contributed by atoms with Crippen molar-refractivity contribution in [2.24, 2.45) is 17.3 Å². The van der Waals surface area contributed by atoms with E-state index in [-0.39, 0.29) is 21.3 Å². The van der Waals surface area contributed by atoms with Crippen molar-refractivity contribution < 1.29 is 22.0 Å². The molecule has 0 heterocycles. The van der Waals surface area contributed by atoms with Crippen LogP contribution < -0.4 is 5.32 Å². The maximum Gasteiger partial charge on any atom is 0.341 e. The molecule has 8 heteroatoms. The van der Waals surface area contributed by atoms with Crippen LogP contribution in [0.15, 0.2) is 29.2 Å². The van der Waals surface area contributed by atoms with Gasteiger partial charge in [0.2, 0.25) is 15.7 Å². The maximum absolute atomic E-state index is 12.9. The molecule has 1 amide bonds. The minimum absolute atomic E-state index is 0.0684. The average molecular weight is 462 g/mol. The quantitative estimate of drug-likeness (QED) is 0.643. The number of benzene rings is 1. The summed E-state index contributed by atoms with van der Waals surface area (Å²) in [5.41, 5.74) is -0.144. The van der Waals surface area contributed by atoms with Crippen LogP contribution in [0.5, 0.6) is 0 Å². The van der Waals surface area contributed by atoms with E-state index in [4.69, 9.17) is 0 Å². The first kappa shape index (κ1) is 19.3. The third kappa shape index (κ3) is 3.55. The summed E-state index contributed by atoms with van der Waals surface area (Å²) in [6.07, 6.45) is 6.81. The normalized spacial score (nSPS) is 34.8. The number of anilines is 1. The molecule has 5 rings (SSSR count). The van der Waals surface area contributed by atoms with Crippen LogP contribution in [-0.2, 0) is 14.6 Å². The lowest BCUT2D eigenvalue weighted by Crippen LogP contribution is -2.53. The van der Waals surface area contributed by atoms with Crippen LogP contribution in [0, 0.1) is 17.3 Å². The Kier molecular flexibility index (Phi) is 4.65. The van der Waals surface area contributed by atoms with Crippen molar-refractivity contribution in [3.8, 4) is 0 Å². The third-order valence-corrected chi connectivity index (χ3v) is 8.71. The van der Waals surface area contributed by atoms with Crippen LogP contribution in [0.2, 0.25) is 0 Å². The summed E-state index contributed by atoms with van der Waals surface area (Å²) in [4.78, 5) is 12.2. The van der Waals surface area contributed by atoms with Crippen LogP contribution in [0.25, 0.3) is 0 Å². The minimum Gasteiger partial charge on any atom is -0.325 e. The number of hydrogen-bond donors (Lipinski definition) is 1. The van der Waals surface area contributed by atoms with Crippen molar-refractivity contribution in [2.45, 2.75) is 59.9 Å². The van der Waals surface area contributed by atoms with Gasteiger partial charge in [0, 0.05) is 10.7 Å². The lowest BCUT2D eigenvalue weighted by molar-refractivity contribution is -0.123. The SMILES string of the molecule is O=C(CC12CC3CC(CC(Br)(C3)C1)C2)Nc1ccccc1S(=O)(=O)C(F)F. The predicted molar refractivity (Wildman–Crippen MR) is 102 cm³/mol. The molecule has 2 unspecified atom stereocenters. The Morgan fingerprint density at radius 3 is 2.41 bits per heavy atom. The summed E-state index contributed by atoms with van der Waals surface area (Å²) in [5, 5.41) is 2.59. The molecular formula is C19H22BrF2NO3S. The van der Waals surface area contributed by atoms with Gasteiger partial charge in [0.05, 0.1) is 10.6 Å². The van der Waals surface area contributed by atoms with E-state index in [1.165, 1.54) is 24.6 Å². The molecule has 4 nitrogen and oxygen atoms in total.